The van der Waals surface area contributed by atoms with Crippen molar-refractivity contribution in [3.63, 3.8) is 0 Å². The van der Waals surface area contributed by atoms with E-state index in [1.165, 1.54) is 12.1 Å². The van der Waals surface area contributed by atoms with Crippen LogP contribution in [0.4, 0.5) is 0 Å². The minimum absolute atomic E-state index is 0.109. The summed E-state index contributed by atoms with van der Waals surface area (Å²) in [6.07, 6.45) is 1.15. The van der Waals surface area contributed by atoms with Crippen molar-refractivity contribution in [3.8, 4) is 28.7 Å². The SMILES string of the molecule is COc1cc2c3cc1Oc1ccc(O)c(c1)C(=O)NCCCOc1cccc(c1)C2N(C(=O)c1cc(C)oc1C)CC3. The molecule has 2 amide bonds. The van der Waals surface area contributed by atoms with Gasteiger partial charge in [0.2, 0.25) is 0 Å². The second-order valence-corrected chi connectivity index (χ2v) is 10.5. The van der Waals surface area contributed by atoms with E-state index in [-0.39, 0.29) is 17.2 Å². The van der Waals surface area contributed by atoms with Crippen molar-refractivity contribution < 1.29 is 33.3 Å². The highest BCUT2D eigenvalue weighted by molar-refractivity contribution is 5.97. The average molecular weight is 569 g/mol. The molecular weight excluding hydrogens is 536 g/mol. The third kappa shape index (κ3) is 5.13. The van der Waals surface area contributed by atoms with Gasteiger partial charge in [-0.3, -0.25) is 9.59 Å². The molecule has 3 aliphatic heterocycles. The number of fused-ring (bicyclic) bond motifs is 6. The lowest BCUT2D eigenvalue weighted by atomic mass is 9.87. The summed E-state index contributed by atoms with van der Waals surface area (Å²) >= 11 is 0. The zero-order valence-corrected chi connectivity index (χ0v) is 23.7. The monoisotopic (exact) mass is 568 g/mol. The number of methoxy groups -OCH3 is 1. The van der Waals surface area contributed by atoms with Crippen molar-refractivity contribution >= 4 is 11.8 Å². The number of aromatic hydroxyl groups is 1. The molecule has 0 aliphatic carbocycles. The van der Waals surface area contributed by atoms with Crippen molar-refractivity contribution in [1.82, 2.24) is 10.2 Å². The molecule has 0 saturated carbocycles. The van der Waals surface area contributed by atoms with Crippen molar-refractivity contribution in [2.24, 2.45) is 0 Å². The zero-order chi connectivity index (χ0) is 29.4. The van der Waals surface area contributed by atoms with E-state index < -0.39 is 11.9 Å². The van der Waals surface area contributed by atoms with E-state index in [0.29, 0.717) is 72.6 Å². The Balaban J connectivity index is 1.49. The Morgan fingerprint density at radius 1 is 1.07 bits per heavy atom. The number of rotatable bonds is 2. The van der Waals surface area contributed by atoms with Gasteiger partial charge in [0.15, 0.2) is 11.5 Å². The number of ether oxygens (including phenoxy) is 3. The molecule has 7 rings (SSSR count). The van der Waals surface area contributed by atoms with Crippen LogP contribution < -0.4 is 19.5 Å². The maximum absolute atomic E-state index is 14.0. The highest BCUT2D eigenvalue weighted by Gasteiger charge is 2.35. The zero-order valence-electron chi connectivity index (χ0n) is 23.7. The molecule has 8 bridgehead atoms. The Morgan fingerprint density at radius 2 is 1.93 bits per heavy atom. The van der Waals surface area contributed by atoms with Crippen LogP contribution in [0.1, 0.15) is 61.4 Å². The molecule has 3 aromatic carbocycles. The Labute approximate surface area is 243 Å². The summed E-state index contributed by atoms with van der Waals surface area (Å²) in [5.41, 5.74) is 3.47. The normalized spacial score (nSPS) is 16.5. The van der Waals surface area contributed by atoms with Gasteiger partial charge in [0, 0.05) is 13.1 Å². The molecular formula is C33H32N2O7. The third-order valence-electron chi connectivity index (χ3n) is 7.68. The van der Waals surface area contributed by atoms with E-state index in [2.05, 4.69) is 5.32 Å². The molecule has 42 heavy (non-hydrogen) atoms. The molecule has 1 aromatic heterocycles. The van der Waals surface area contributed by atoms with Gasteiger partial charge in [0.05, 0.1) is 30.9 Å². The first-order chi connectivity index (χ1) is 20.3. The number of nitrogens with zero attached hydrogens (tertiary/aromatic N) is 1. The number of aryl methyl sites for hydroxylation is 2. The molecule has 0 fully saturated rings. The molecule has 0 radical (unpaired) electrons. The standard InChI is InChI=1S/C33H32N2O7/c1-19-14-25(20(2)41-19)33(38)35-12-10-21-16-30-29(39-3)18-26(21)31(35)22-6-4-7-23(15-22)40-13-5-11-34-32(37)27-17-24(42-30)8-9-28(27)36/h4,6-9,14-18,31,36H,5,10-13H2,1-3H3,(H,34,37). The number of hydrogen-bond acceptors (Lipinski definition) is 7. The minimum atomic E-state index is -0.416. The fourth-order valence-electron chi connectivity index (χ4n) is 5.66. The van der Waals surface area contributed by atoms with Crippen molar-refractivity contribution in [2.45, 2.75) is 32.7 Å². The van der Waals surface area contributed by atoms with E-state index in [1.54, 1.807) is 26.2 Å². The quantitative estimate of drug-likeness (QED) is 0.319. The summed E-state index contributed by atoms with van der Waals surface area (Å²) < 4.78 is 23.7. The van der Waals surface area contributed by atoms with E-state index in [4.69, 9.17) is 18.6 Å². The van der Waals surface area contributed by atoms with Crippen LogP contribution >= 0.6 is 0 Å². The summed E-state index contributed by atoms with van der Waals surface area (Å²) in [4.78, 5) is 28.7. The van der Waals surface area contributed by atoms with Gasteiger partial charge in [-0.05, 0) is 91.9 Å². The number of nitrogens with one attached hydrogen (secondary N) is 1. The lowest BCUT2D eigenvalue weighted by Crippen LogP contribution is -2.40. The van der Waals surface area contributed by atoms with Gasteiger partial charge in [0.25, 0.3) is 11.8 Å². The molecule has 3 aliphatic rings. The Kier molecular flexibility index (Phi) is 7.24. The van der Waals surface area contributed by atoms with Gasteiger partial charge in [-0.2, -0.15) is 0 Å². The molecule has 0 saturated heterocycles. The lowest BCUT2D eigenvalue weighted by Gasteiger charge is -2.38. The van der Waals surface area contributed by atoms with Gasteiger partial charge in [-0.1, -0.05) is 12.1 Å². The number of carbonyl (C=O) groups is 2. The van der Waals surface area contributed by atoms with Crippen molar-refractivity contribution in [3.05, 3.63) is 100 Å². The van der Waals surface area contributed by atoms with Crippen molar-refractivity contribution in [1.29, 1.82) is 0 Å². The molecule has 4 heterocycles. The number of furan rings is 1. The van der Waals surface area contributed by atoms with E-state index in [9.17, 15) is 14.7 Å². The van der Waals surface area contributed by atoms with Gasteiger partial charge in [-0.15, -0.1) is 0 Å². The first kappa shape index (κ1) is 27.3. The van der Waals surface area contributed by atoms with E-state index in [1.807, 2.05) is 48.2 Å². The van der Waals surface area contributed by atoms with Crippen LogP contribution in [0.3, 0.4) is 0 Å². The fourth-order valence-corrected chi connectivity index (χ4v) is 5.66. The van der Waals surface area contributed by atoms with Gasteiger partial charge in [-0.25, -0.2) is 0 Å². The molecule has 9 nitrogen and oxygen atoms in total. The predicted molar refractivity (Wildman–Crippen MR) is 155 cm³/mol. The number of phenolic OH excluding ortho intramolecular Hbond substituents is 1. The van der Waals surface area contributed by atoms with E-state index in [0.717, 1.165) is 16.7 Å². The topological polar surface area (TPSA) is 110 Å². The fraction of sp³-hybridized carbons (Fsp3) is 0.273. The number of benzene rings is 3. The number of phenols is 1. The first-order valence-corrected chi connectivity index (χ1v) is 13.9. The summed E-state index contributed by atoms with van der Waals surface area (Å²) in [6.45, 7) is 4.84. The van der Waals surface area contributed by atoms with Crippen LogP contribution in [0.5, 0.6) is 28.7 Å². The molecule has 216 valence electrons. The lowest BCUT2D eigenvalue weighted by molar-refractivity contribution is 0.0691. The molecule has 2 N–H and O–H groups in total. The number of hydrogen-bond donors (Lipinski definition) is 2. The Morgan fingerprint density at radius 3 is 2.71 bits per heavy atom. The summed E-state index contributed by atoms with van der Waals surface area (Å²) in [6, 6.07) is 17.5. The minimum Gasteiger partial charge on any atom is -0.507 e. The van der Waals surface area contributed by atoms with Crippen LogP contribution in [-0.4, -0.2) is 48.6 Å². The Bertz CT molecular complexity index is 1680. The van der Waals surface area contributed by atoms with Gasteiger partial charge in [0.1, 0.15) is 28.8 Å². The van der Waals surface area contributed by atoms with Crippen LogP contribution in [0.25, 0.3) is 0 Å². The first-order valence-electron chi connectivity index (χ1n) is 13.9. The predicted octanol–water partition coefficient (Wildman–Crippen LogP) is 5.70. The highest BCUT2D eigenvalue weighted by atomic mass is 16.5. The molecule has 1 atom stereocenters. The maximum Gasteiger partial charge on any atom is 0.258 e. The summed E-state index contributed by atoms with van der Waals surface area (Å²) in [5.74, 6) is 2.58. The molecule has 9 heteroatoms. The smallest absolute Gasteiger partial charge is 0.258 e. The number of carbonyl (C=O) groups excluding carboxylic acids is 2. The summed E-state index contributed by atoms with van der Waals surface area (Å²) in [7, 11) is 1.56. The highest BCUT2D eigenvalue weighted by Crippen LogP contribution is 2.44. The number of amides is 2. The van der Waals surface area contributed by atoms with Gasteiger partial charge >= 0.3 is 0 Å². The van der Waals surface area contributed by atoms with Crippen LogP contribution in [-0.2, 0) is 6.42 Å². The van der Waals surface area contributed by atoms with Crippen LogP contribution in [0.2, 0.25) is 0 Å². The van der Waals surface area contributed by atoms with E-state index >= 15 is 0 Å². The van der Waals surface area contributed by atoms with Crippen LogP contribution in [0, 0.1) is 13.8 Å². The maximum atomic E-state index is 14.0. The molecule has 1 unspecified atom stereocenters. The Hall–Kier alpha value is -4.92. The molecule has 4 aromatic rings. The average Bonchev–Trinajstić information content (AvgIpc) is 3.33. The summed E-state index contributed by atoms with van der Waals surface area (Å²) in [5, 5.41) is 13.2. The van der Waals surface area contributed by atoms with Crippen molar-refractivity contribution in [2.75, 3.05) is 26.8 Å². The largest absolute Gasteiger partial charge is 0.507 e. The second-order valence-electron chi connectivity index (χ2n) is 10.5. The van der Waals surface area contributed by atoms with Crippen LogP contribution in [0.15, 0.2) is 65.1 Å². The second kappa shape index (κ2) is 11.2. The molecule has 0 spiro atoms. The van der Waals surface area contributed by atoms with Gasteiger partial charge < -0.3 is 34.0 Å². The third-order valence-corrected chi connectivity index (χ3v) is 7.68.